The minimum Gasteiger partial charge on any atom is -0.451 e. The second-order valence-corrected chi connectivity index (χ2v) is 5.40. The molecule has 4 aromatic rings. The molecule has 3 aromatic heterocycles. The predicted molar refractivity (Wildman–Crippen MR) is 88.3 cm³/mol. The van der Waals surface area contributed by atoms with Crippen LogP contribution in [0.25, 0.3) is 16.8 Å². The van der Waals surface area contributed by atoms with Gasteiger partial charge in [-0.2, -0.15) is 5.10 Å². The van der Waals surface area contributed by atoms with Crippen molar-refractivity contribution in [2.75, 3.05) is 5.32 Å². The maximum absolute atomic E-state index is 12.5. The molecule has 0 aliphatic carbocycles. The molecular weight excluding hydrogens is 330 g/mol. The number of halogens is 1. The summed E-state index contributed by atoms with van der Waals surface area (Å²) in [6.07, 6.45) is 4.50. The van der Waals surface area contributed by atoms with Gasteiger partial charge in [-0.15, -0.1) is 0 Å². The molecule has 8 heteroatoms. The summed E-state index contributed by atoms with van der Waals surface area (Å²) < 4.78 is 7.03. The standard InChI is InChI=1S/C16H10ClN5O2/c17-11-3-4-13-10(6-11)7-14(24-13)16(23)21-12-2-1-5-19-15(12)22-9-18-8-20-22/h1-9H,(H,21,23). The molecule has 1 N–H and O–H groups in total. The number of hydrogen-bond acceptors (Lipinski definition) is 5. The van der Waals surface area contributed by atoms with Gasteiger partial charge in [-0.1, -0.05) is 11.6 Å². The van der Waals surface area contributed by atoms with Crippen molar-refractivity contribution in [2.45, 2.75) is 0 Å². The Labute approximate surface area is 140 Å². The zero-order chi connectivity index (χ0) is 16.5. The van der Waals surface area contributed by atoms with Crippen LogP contribution in [-0.2, 0) is 0 Å². The van der Waals surface area contributed by atoms with E-state index in [-0.39, 0.29) is 5.76 Å². The van der Waals surface area contributed by atoms with Gasteiger partial charge in [-0.05, 0) is 36.4 Å². The molecule has 0 radical (unpaired) electrons. The molecule has 0 unspecified atom stereocenters. The minimum absolute atomic E-state index is 0.181. The van der Waals surface area contributed by atoms with E-state index >= 15 is 0 Å². The smallest absolute Gasteiger partial charge is 0.291 e. The van der Waals surface area contributed by atoms with Crippen LogP contribution in [0.5, 0.6) is 0 Å². The molecular formula is C16H10ClN5O2. The quantitative estimate of drug-likeness (QED) is 0.619. The monoisotopic (exact) mass is 339 g/mol. The summed E-state index contributed by atoms with van der Waals surface area (Å²) in [5.74, 6) is 0.250. The van der Waals surface area contributed by atoms with Crippen LogP contribution in [0.1, 0.15) is 10.6 Å². The highest BCUT2D eigenvalue weighted by atomic mass is 35.5. The average molecular weight is 340 g/mol. The van der Waals surface area contributed by atoms with Crippen molar-refractivity contribution in [1.29, 1.82) is 0 Å². The van der Waals surface area contributed by atoms with Crippen molar-refractivity contribution in [3.8, 4) is 5.82 Å². The molecule has 24 heavy (non-hydrogen) atoms. The maximum Gasteiger partial charge on any atom is 0.291 e. The minimum atomic E-state index is -0.392. The molecule has 0 saturated heterocycles. The number of nitrogens with zero attached hydrogens (tertiary/aromatic N) is 4. The molecule has 0 fully saturated rings. The number of hydrogen-bond donors (Lipinski definition) is 1. The summed E-state index contributed by atoms with van der Waals surface area (Å²) in [5.41, 5.74) is 1.08. The van der Waals surface area contributed by atoms with Crippen LogP contribution in [0.3, 0.4) is 0 Å². The van der Waals surface area contributed by atoms with Crippen LogP contribution >= 0.6 is 11.6 Å². The number of benzene rings is 1. The number of nitrogens with one attached hydrogen (secondary N) is 1. The Kier molecular flexibility index (Phi) is 3.47. The normalized spacial score (nSPS) is 10.9. The molecule has 3 heterocycles. The van der Waals surface area contributed by atoms with E-state index in [2.05, 4.69) is 20.4 Å². The number of fused-ring (bicyclic) bond motifs is 1. The number of amides is 1. The van der Waals surface area contributed by atoms with E-state index in [1.54, 1.807) is 42.6 Å². The lowest BCUT2D eigenvalue weighted by molar-refractivity contribution is 0.0998. The Morgan fingerprint density at radius 3 is 3.00 bits per heavy atom. The Balaban J connectivity index is 1.66. The van der Waals surface area contributed by atoms with Crippen molar-refractivity contribution < 1.29 is 9.21 Å². The Bertz CT molecular complexity index is 1030. The van der Waals surface area contributed by atoms with E-state index in [4.69, 9.17) is 16.0 Å². The van der Waals surface area contributed by atoms with Gasteiger partial charge in [0.25, 0.3) is 5.91 Å². The van der Waals surface area contributed by atoms with Gasteiger partial charge in [0.05, 0.1) is 5.69 Å². The van der Waals surface area contributed by atoms with Crippen LogP contribution < -0.4 is 5.32 Å². The van der Waals surface area contributed by atoms with Crippen molar-refractivity contribution in [2.24, 2.45) is 0 Å². The van der Waals surface area contributed by atoms with E-state index in [0.717, 1.165) is 5.39 Å². The van der Waals surface area contributed by atoms with Crippen molar-refractivity contribution in [1.82, 2.24) is 19.7 Å². The van der Waals surface area contributed by atoms with Gasteiger partial charge in [0.2, 0.25) is 0 Å². The lowest BCUT2D eigenvalue weighted by Crippen LogP contribution is -2.14. The number of carbonyl (C=O) groups excluding carboxylic acids is 1. The number of carbonyl (C=O) groups is 1. The SMILES string of the molecule is O=C(Nc1cccnc1-n1cncn1)c1cc2cc(Cl)ccc2o1. The third-order valence-corrected chi connectivity index (χ3v) is 3.61. The van der Waals surface area contributed by atoms with Gasteiger partial charge in [0.1, 0.15) is 18.2 Å². The first-order chi connectivity index (χ1) is 11.7. The topological polar surface area (TPSA) is 85.8 Å². The molecule has 1 aromatic carbocycles. The van der Waals surface area contributed by atoms with E-state index in [1.165, 1.54) is 17.3 Å². The number of rotatable bonds is 3. The highest BCUT2D eigenvalue weighted by molar-refractivity contribution is 6.31. The number of anilines is 1. The third kappa shape index (κ3) is 2.61. The summed E-state index contributed by atoms with van der Waals surface area (Å²) in [6, 6.07) is 10.2. The van der Waals surface area contributed by atoms with Crippen molar-refractivity contribution >= 4 is 34.2 Å². The molecule has 1 amide bonds. The zero-order valence-corrected chi connectivity index (χ0v) is 12.9. The first kappa shape index (κ1) is 14.4. The Hall–Kier alpha value is -3.19. The van der Waals surface area contributed by atoms with Gasteiger partial charge in [-0.25, -0.2) is 14.6 Å². The van der Waals surface area contributed by atoms with Crippen LogP contribution in [0.15, 0.2) is 59.7 Å². The maximum atomic E-state index is 12.5. The molecule has 0 bridgehead atoms. The third-order valence-electron chi connectivity index (χ3n) is 3.37. The lowest BCUT2D eigenvalue weighted by atomic mass is 10.2. The molecule has 118 valence electrons. The molecule has 0 aliphatic rings. The summed E-state index contributed by atoms with van der Waals surface area (Å²) >= 11 is 5.95. The molecule has 4 rings (SSSR count). The molecule has 0 atom stereocenters. The fourth-order valence-electron chi connectivity index (χ4n) is 2.30. The fraction of sp³-hybridized carbons (Fsp3) is 0. The molecule has 0 spiro atoms. The summed E-state index contributed by atoms with van der Waals surface area (Å²) in [7, 11) is 0. The summed E-state index contributed by atoms with van der Waals surface area (Å²) in [5, 5.41) is 8.14. The first-order valence-electron chi connectivity index (χ1n) is 7.01. The van der Waals surface area contributed by atoms with Crippen LogP contribution in [0.4, 0.5) is 5.69 Å². The van der Waals surface area contributed by atoms with Crippen LogP contribution in [0.2, 0.25) is 5.02 Å². The number of furan rings is 1. The van der Waals surface area contributed by atoms with Crippen molar-refractivity contribution in [3.63, 3.8) is 0 Å². The molecule has 0 saturated carbocycles. The van der Waals surface area contributed by atoms with E-state index in [9.17, 15) is 4.79 Å². The first-order valence-corrected chi connectivity index (χ1v) is 7.39. The van der Waals surface area contributed by atoms with E-state index in [1.807, 2.05) is 0 Å². The van der Waals surface area contributed by atoms with E-state index in [0.29, 0.717) is 22.1 Å². The molecule has 7 nitrogen and oxygen atoms in total. The Morgan fingerprint density at radius 1 is 1.25 bits per heavy atom. The predicted octanol–water partition coefficient (Wildman–Crippen LogP) is 3.31. The summed E-state index contributed by atoms with van der Waals surface area (Å²) in [4.78, 5) is 20.6. The van der Waals surface area contributed by atoms with Gasteiger partial charge >= 0.3 is 0 Å². The van der Waals surface area contributed by atoms with Crippen LogP contribution in [0, 0.1) is 0 Å². The average Bonchev–Trinajstić information content (AvgIpc) is 3.24. The van der Waals surface area contributed by atoms with Gasteiger partial charge in [-0.3, -0.25) is 4.79 Å². The van der Waals surface area contributed by atoms with Gasteiger partial charge < -0.3 is 9.73 Å². The highest BCUT2D eigenvalue weighted by Crippen LogP contribution is 2.24. The largest absolute Gasteiger partial charge is 0.451 e. The lowest BCUT2D eigenvalue weighted by Gasteiger charge is -2.08. The Morgan fingerprint density at radius 2 is 2.17 bits per heavy atom. The van der Waals surface area contributed by atoms with Gasteiger partial charge in [0.15, 0.2) is 11.6 Å². The number of aromatic nitrogens is 4. The fourth-order valence-corrected chi connectivity index (χ4v) is 2.49. The van der Waals surface area contributed by atoms with Crippen molar-refractivity contribution in [3.05, 3.63) is 66.0 Å². The highest BCUT2D eigenvalue weighted by Gasteiger charge is 2.15. The number of pyridine rings is 1. The zero-order valence-electron chi connectivity index (χ0n) is 12.2. The van der Waals surface area contributed by atoms with E-state index < -0.39 is 5.91 Å². The summed E-state index contributed by atoms with van der Waals surface area (Å²) in [6.45, 7) is 0. The molecule has 0 aliphatic heterocycles. The second kappa shape index (κ2) is 5.78. The van der Waals surface area contributed by atoms with Crippen LogP contribution in [-0.4, -0.2) is 25.7 Å². The second-order valence-electron chi connectivity index (χ2n) is 4.96. The van der Waals surface area contributed by atoms with Gasteiger partial charge in [0, 0.05) is 16.6 Å².